The molecule has 1 N–H and O–H groups in total. The Kier molecular flexibility index (Phi) is 5.49. The van der Waals surface area contributed by atoms with Gasteiger partial charge in [0.2, 0.25) is 5.91 Å². The smallest absolute Gasteiger partial charge is 0.269 e. The van der Waals surface area contributed by atoms with Crippen LogP contribution >= 0.6 is 11.6 Å². The van der Waals surface area contributed by atoms with Crippen LogP contribution in [0.4, 0.5) is 11.4 Å². The minimum atomic E-state index is -1.45. The van der Waals surface area contributed by atoms with Crippen LogP contribution in [0.1, 0.15) is 10.4 Å². The Balaban J connectivity index is 2.05. The van der Waals surface area contributed by atoms with Crippen LogP contribution in [-0.4, -0.2) is 29.1 Å². The van der Waals surface area contributed by atoms with E-state index in [4.69, 9.17) is 16.3 Å². The first kappa shape index (κ1) is 17.4. The lowest BCUT2D eigenvalue weighted by atomic mass is 10.1. The second-order valence-electron chi connectivity index (χ2n) is 4.75. The zero-order valence-corrected chi connectivity index (χ0v) is 13.3. The zero-order chi connectivity index (χ0) is 17.7. The Hall–Kier alpha value is -2.93. The maximum absolute atomic E-state index is 12.2. The Morgan fingerprint density at radius 2 is 1.71 bits per heavy atom. The number of carbonyl (C=O) groups is 2. The number of hydrogen-bond donors (Lipinski definition) is 1. The lowest BCUT2D eigenvalue weighted by Crippen LogP contribution is -2.30. The molecule has 2 aromatic carbocycles. The normalized spacial score (nSPS) is 11.4. The number of alkyl halides is 1. The van der Waals surface area contributed by atoms with E-state index < -0.39 is 22.0 Å². The van der Waals surface area contributed by atoms with Crippen molar-refractivity contribution in [3.05, 3.63) is 64.2 Å². The molecule has 1 atom stereocenters. The first-order valence-electron chi connectivity index (χ1n) is 6.80. The molecule has 0 fully saturated rings. The monoisotopic (exact) mass is 348 g/mol. The predicted octanol–water partition coefficient (Wildman–Crippen LogP) is 3.03. The number of ketones is 1. The average molecular weight is 349 g/mol. The first-order valence-corrected chi connectivity index (χ1v) is 7.23. The van der Waals surface area contributed by atoms with E-state index in [-0.39, 0.29) is 11.3 Å². The molecule has 1 unspecified atom stereocenters. The van der Waals surface area contributed by atoms with Gasteiger partial charge in [0.15, 0.2) is 11.2 Å². The third-order valence-corrected chi connectivity index (χ3v) is 3.58. The topological polar surface area (TPSA) is 98.5 Å². The van der Waals surface area contributed by atoms with Crippen molar-refractivity contribution < 1.29 is 19.2 Å². The summed E-state index contributed by atoms with van der Waals surface area (Å²) in [5.41, 5.74) is 0.425. The molecule has 8 heteroatoms. The molecular weight excluding hydrogens is 336 g/mol. The van der Waals surface area contributed by atoms with E-state index >= 15 is 0 Å². The fourth-order valence-electron chi connectivity index (χ4n) is 1.89. The van der Waals surface area contributed by atoms with Crippen LogP contribution in [0.25, 0.3) is 0 Å². The summed E-state index contributed by atoms with van der Waals surface area (Å²) in [6.07, 6.45) is 0. The number of hydrogen-bond acceptors (Lipinski definition) is 5. The van der Waals surface area contributed by atoms with Crippen molar-refractivity contribution in [1.82, 2.24) is 0 Å². The summed E-state index contributed by atoms with van der Waals surface area (Å²) in [5, 5.41) is 11.7. The SMILES string of the molecule is COc1ccc(NC(=O)C(Cl)C(=O)c2ccc([N+](=O)[O-])cc2)cc1. The Bertz CT molecular complexity index is 759. The Morgan fingerprint density at radius 1 is 1.12 bits per heavy atom. The minimum Gasteiger partial charge on any atom is -0.497 e. The third-order valence-electron chi connectivity index (χ3n) is 3.18. The minimum absolute atomic E-state index is 0.116. The summed E-state index contributed by atoms with van der Waals surface area (Å²) in [7, 11) is 1.52. The van der Waals surface area contributed by atoms with E-state index in [2.05, 4.69) is 5.32 Å². The fraction of sp³-hybridized carbons (Fsp3) is 0.125. The molecule has 0 bridgehead atoms. The van der Waals surface area contributed by atoms with Gasteiger partial charge in [0.05, 0.1) is 12.0 Å². The molecule has 124 valence electrons. The van der Waals surface area contributed by atoms with Gasteiger partial charge < -0.3 is 10.1 Å². The van der Waals surface area contributed by atoms with Crippen molar-refractivity contribution in [2.45, 2.75) is 5.38 Å². The number of methoxy groups -OCH3 is 1. The van der Waals surface area contributed by atoms with Gasteiger partial charge in [-0.05, 0) is 36.4 Å². The molecule has 0 saturated heterocycles. The van der Waals surface area contributed by atoms with Crippen molar-refractivity contribution in [3.8, 4) is 5.75 Å². The van der Waals surface area contributed by atoms with E-state index in [1.54, 1.807) is 24.3 Å². The van der Waals surface area contributed by atoms with Crippen molar-refractivity contribution in [2.75, 3.05) is 12.4 Å². The van der Waals surface area contributed by atoms with Gasteiger partial charge in [-0.25, -0.2) is 0 Å². The highest BCUT2D eigenvalue weighted by molar-refractivity contribution is 6.45. The lowest BCUT2D eigenvalue weighted by Gasteiger charge is -2.10. The van der Waals surface area contributed by atoms with Crippen molar-refractivity contribution >= 4 is 34.7 Å². The third kappa shape index (κ3) is 4.08. The molecule has 2 rings (SSSR count). The van der Waals surface area contributed by atoms with E-state index in [9.17, 15) is 19.7 Å². The highest BCUT2D eigenvalue weighted by Crippen LogP contribution is 2.18. The van der Waals surface area contributed by atoms with Gasteiger partial charge in [-0.3, -0.25) is 19.7 Å². The summed E-state index contributed by atoms with van der Waals surface area (Å²) in [6, 6.07) is 11.4. The Labute approximate surface area is 142 Å². The lowest BCUT2D eigenvalue weighted by molar-refractivity contribution is -0.384. The van der Waals surface area contributed by atoms with Gasteiger partial charge in [0.25, 0.3) is 5.69 Å². The molecular formula is C16H13ClN2O5. The molecule has 0 spiro atoms. The van der Waals surface area contributed by atoms with Gasteiger partial charge in [0, 0.05) is 23.4 Å². The van der Waals surface area contributed by atoms with Crippen LogP contribution in [-0.2, 0) is 4.79 Å². The van der Waals surface area contributed by atoms with Gasteiger partial charge in [-0.15, -0.1) is 11.6 Å². The van der Waals surface area contributed by atoms with Crippen LogP contribution < -0.4 is 10.1 Å². The number of benzene rings is 2. The molecule has 0 aliphatic heterocycles. The molecule has 7 nitrogen and oxygen atoms in total. The second-order valence-corrected chi connectivity index (χ2v) is 5.18. The van der Waals surface area contributed by atoms with Crippen LogP contribution in [0.2, 0.25) is 0 Å². The molecule has 1 amide bonds. The fourth-order valence-corrected chi connectivity index (χ4v) is 2.07. The van der Waals surface area contributed by atoms with E-state index in [0.29, 0.717) is 11.4 Å². The van der Waals surface area contributed by atoms with Gasteiger partial charge in [-0.2, -0.15) is 0 Å². The number of nitro groups is 1. The largest absolute Gasteiger partial charge is 0.497 e. The number of halogens is 1. The van der Waals surface area contributed by atoms with E-state index in [0.717, 1.165) is 0 Å². The molecule has 0 heterocycles. The number of anilines is 1. The summed E-state index contributed by atoms with van der Waals surface area (Å²) in [5.74, 6) is -0.708. The van der Waals surface area contributed by atoms with E-state index in [1.807, 2.05) is 0 Å². The Morgan fingerprint density at radius 3 is 2.21 bits per heavy atom. The van der Waals surface area contributed by atoms with E-state index in [1.165, 1.54) is 31.4 Å². The molecule has 0 aromatic heterocycles. The predicted molar refractivity (Wildman–Crippen MR) is 88.7 cm³/mol. The highest BCUT2D eigenvalue weighted by Gasteiger charge is 2.25. The van der Waals surface area contributed by atoms with Gasteiger partial charge >= 0.3 is 0 Å². The van der Waals surface area contributed by atoms with Crippen molar-refractivity contribution in [1.29, 1.82) is 0 Å². The number of carbonyl (C=O) groups excluding carboxylic acids is 2. The summed E-state index contributed by atoms with van der Waals surface area (Å²) < 4.78 is 5.00. The van der Waals surface area contributed by atoms with Crippen LogP contribution in [0.3, 0.4) is 0 Å². The number of nitrogens with zero attached hydrogens (tertiary/aromatic N) is 1. The molecule has 0 radical (unpaired) electrons. The number of Topliss-reactive ketones (excluding diaryl/α,β-unsaturated/α-hetero) is 1. The quantitative estimate of drug-likeness (QED) is 0.284. The maximum atomic E-state index is 12.2. The standard InChI is InChI=1S/C16H13ClN2O5/c1-24-13-8-4-11(5-9-13)18-16(21)14(17)15(20)10-2-6-12(7-3-10)19(22)23/h2-9,14H,1H3,(H,18,21). The number of ether oxygens (including phenoxy) is 1. The van der Waals surface area contributed by atoms with Gasteiger partial charge in [0.1, 0.15) is 5.75 Å². The first-order chi connectivity index (χ1) is 11.4. The summed E-state index contributed by atoms with van der Waals surface area (Å²) in [4.78, 5) is 34.2. The van der Waals surface area contributed by atoms with Crippen LogP contribution in [0.15, 0.2) is 48.5 Å². The number of amides is 1. The second kappa shape index (κ2) is 7.56. The number of nitrogens with one attached hydrogen (secondary N) is 1. The number of non-ortho nitro benzene ring substituents is 1. The number of rotatable bonds is 6. The number of nitro benzene ring substituents is 1. The summed E-state index contributed by atoms with van der Waals surface area (Å²) in [6.45, 7) is 0. The van der Waals surface area contributed by atoms with Crippen molar-refractivity contribution in [3.63, 3.8) is 0 Å². The molecule has 24 heavy (non-hydrogen) atoms. The van der Waals surface area contributed by atoms with Crippen LogP contribution in [0.5, 0.6) is 5.75 Å². The molecule has 0 saturated carbocycles. The van der Waals surface area contributed by atoms with Gasteiger partial charge in [-0.1, -0.05) is 0 Å². The molecule has 0 aliphatic rings. The molecule has 0 aliphatic carbocycles. The highest BCUT2D eigenvalue weighted by atomic mass is 35.5. The van der Waals surface area contributed by atoms with Crippen LogP contribution in [0, 0.1) is 10.1 Å². The molecule has 2 aromatic rings. The average Bonchev–Trinajstić information content (AvgIpc) is 2.61. The zero-order valence-electron chi connectivity index (χ0n) is 12.6. The van der Waals surface area contributed by atoms with Crippen molar-refractivity contribution in [2.24, 2.45) is 0 Å². The maximum Gasteiger partial charge on any atom is 0.269 e. The summed E-state index contributed by atoms with van der Waals surface area (Å²) >= 11 is 5.91.